The van der Waals surface area contributed by atoms with Crippen molar-refractivity contribution in [2.45, 2.75) is 13.5 Å². The highest BCUT2D eigenvalue weighted by molar-refractivity contribution is 6.30. The molecule has 0 aliphatic heterocycles. The monoisotopic (exact) mass is 462 g/mol. The fourth-order valence-corrected chi connectivity index (χ4v) is 3.75. The molecule has 0 fully saturated rings. The van der Waals surface area contributed by atoms with Gasteiger partial charge in [0.25, 0.3) is 0 Å². The molecule has 0 atom stereocenters. The second-order valence-corrected chi connectivity index (χ2v) is 8.01. The number of methoxy groups -OCH3 is 1. The average Bonchev–Trinajstić information content (AvgIpc) is 3.22. The molecule has 168 valence electrons. The lowest BCUT2D eigenvalue weighted by molar-refractivity contribution is -0.139. The molecule has 0 aliphatic rings. The molecule has 6 nitrogen and oxygen atoms in total. The van der Waals surface area contributed by atoms with E-state index in [9.17, 15) is 4.79 Å². The quantitative estimate of drug-likeness (QED) is 0.363. The molecular formula is C26H23ClN2O4. The number of hydrogen-bond acceptors (Lipinski definition) is 4. The van der Waals surface area contributed by atoms with Crippen LogP contribution in [0.1, 0.15) is 11.1 Å². The number of aromatic nitrogens is 2. The Bertz CT molecular complexity index is 1280. The van der Waals surface area contributed by atoms with E-state index in [0.717, 1.165) is 33.7 Å². The number of hydrogen-bond donors (Lipinski definition) is 1. The molecule has 0 aliphatic carbocycles. The SMILES string of the molecule is COc1ccccc1Cn1nc(-c2cc(C)ccc2OCC(=O)O)cc1-c1ccc(Cl)cc1. The van der Waals surface area contributed by atoms with Gasteiger partial charge in [-0.25, -0.2) is 4.79 Å². The van der Waals surface area contributed by atoms with Crippen LogP contribution < -0.4 is 9.47 Å². The highest BCUT2D eigenvalue weighted by Gasteiger charge is 2.17. The van der Waals surface area contributed by atoms with Crippen molar-refractivity contribution >= 4 is 17.6 Å². The fraction of sp³-hybridized carbons (Fsp3) is 0.154. The summed E-state index contributed by atoms with van der Waals surface area (Å²) in [4.78, 5) is 11.1. The lowest BCUT2D eigenvalue weighted by Crippen LogP contribution is -2.10. The van der Waals surface area contributed by atoms with Crippen LogP contribution in [0.2, 0.25) is 5.02 Å². The summed E-state index contributed by atoms with van der Waals surface area (Å²) in [6.45, 7) is 2.03. The number of ether oxygens (including phenoxy) is 2. The Balaban J connectivity index is 1.83. The highest BCUT2D eigenvalue weighted by atomic mass is 35.5. The predicted octanol–water partition coefficient (Wildman–Crippen LogP) is 5.70. The van der Waals surface area contributed by atoms with E-state index in [-0.39, 0.29) is 0 Å². The smallest absolute Gasteiger partial charge is 0.341 e. The minimum Gasteiger partial charge on any atom is -0.496 e. The van der Waals surface area contributed by atoms with Gasteiger partial charge in [0.2, 0.25) is 0 Å². The number of benzene rings is 3. The number of nitrogens with zero attached hydrogens (tertiary/aromatic N) is 2. The van der Waals surface area contributed by atoms with Gasteiger partial charge in [-0.15, -0.1) is 0 Å². The van der Waals surface area contributed by atoms with Crippen LogP contribution in [-0.2, 0) is 11.3 Å². The van der Waals surface area contributed by atoms with Crippen LogP contribution in [0.15, 0.2) is 72.8 Å². The molecule has 0 amide bonds. The van der Waals surface area contributed by atoms with Crippen LogP contribution in [0, 0.1) is 6.92 Å². The summed E-state index contributed by atoms with van der Waals surface area (Å²) in [6, 6.07) is 22.9. The number of aliphatic carboxylic acids is 1. The van der Waals surface area contributed by atoms with E-state index in [0.29, 0.717) is 23.0 Å². The first-order valence-electron chi connectivity index (χ1n) is 10.4. The van der Waals surface area contributed by atoms with E-state index in [2.05, 4.69) is 0 Å². The van der Waals surface area contributed by atoms with Gasteiger partial charge in [-0.05, 0) is 48.9 Å². The molecule has 0 unspecified atom stereocenters. The summed E-state index contributed by atoms with van der Waals surface area (Å²) in [5.74, 6) is 0.204. The summed E-state index contributed by atoms with van der Waals surface area (Å²) >= 11 is 6.10. The van der Waals surface area contributed by atoms with Crippen LogP contribution in [0.25, 0.3) is 22.5 Å². The van der Waals surface area contributed by atoms with Gasteiger partial charge in [0.15, 0.2) is 6.61 Å². The third kappa shape index (κ3) is 5.18. The van der Waals surface area contributed by atoms with Crippen molar-refractivity contribution in [2.24, 2.45) is 0 Å². The lowest BCUT2D eigenvalue weighted by Gasteiger charge is -2.11. The number of carboxylic acids is 1. The van der Waals surface area contributed by atoms with Gasteiger partial charge in [-0.3, -0.25) is 4.68 Å². The zero-order chi connectivity index (χ0) is 23.4. The number of carboxylic acid groups (broad SMARTS) is 1. The molecule has 0 saturated heterocycles. The number of rotatable bonds is 8. The van der Waals surface area contributed by atoms with Gasteiger partial charge < -0.3 is 14.6 Å². The van der Waals surface area contributed by atoms with Gasteiger partial charge in [-0.1, -0.05) is 53.6 Å². The van der Waals surface area contributed by atoms with E-state index in [4.69, 9.17) is 31.3 Å². The van der Waals surface area contributed by atoms with Crippen LogP contribution in [0.5, 0.6) is 11.5 Å². The van der Waals surface area contributed by atoms with Crippen molar-refractivity contribution in [2.75, 3.05) is 13.7 Å². The van der Waals surface area contributed by atoms with Crippen molar-refractivity contribution in [3.8, 4) is 34.0 Å². The zero-order valence-corrected chi connectivity index (χ0v) is 19.0. The van der Waals surface area contributed by atoms with E-state index in [1.165, 1.54) is 0 Å². The van der Waals surface area contributed by atoms with Crippen molar-refractivity contribution in [1.82, 2.24) is 9.78 Å². The average molecular weight is 463 g/mol. The molecule has 1 heterocycles. The highest BCUT2D eigenvalue weighted by Crippen LogP contribution is 2.34. The maximum absolute atomic E-state index is 11.1. The topological polar surface area (TPSA) is 73.6 Å². The summed E-state index contributed by atoms with van der Waals surface area (Å²) < 4.78 is 13.0. The number of para-hydroxylation sites is 1. The Labute approximate surface area is 197 Å². The largest absolute Gasteiger partial charge is 0.496 e. The normalized spacial score (nSPS) is 10.8. The third-order valence-corrected chi connectivity index (χ3v) is 5.45. The Hall–Kier alpha value is -3.77. The summed E-state index contributed by atoms with van der Waals surface area (Å²) in [5.41, 5.74) is 5.24. The number of carbonyl (C=O) groups is 1. The van der Waals surface area contributed by atoms with E-state index in [1.807, 2.05) is 78.3 Å². The van der Waals surface area contributed by atoms with Crippen molar-refractivity contribution in [3.63, 3.8) is 0 Å². The van der Waals surface area contributed by atoms with Gasteiger partial charge in [0.1, 0.15) is 11.5 Å². The van der Waals surface area contributed by atoms with Gasteiger partial charge in [0.05, 0.1) is 25.0 Å². The van der Waals surface area contributed by atoms with Crippen LogP contribution >= 0.6 is 11.6 Å². The molecule has 33 heavy (non-hydrogen) atoms. The summed E-state index contributed by atoms with van der Waals surface area (Å²) in [7, 11) is 1.65. The summed E-state index contributed by atoms with van der Waals surface area (Å²) in [6.07, 6.45) is 0. The molecule has 0 spiro atoms. The Morgan fingerprint density at radius 1 is 1.03 bits per heavy atom. The molecular weight excluding hydrogens is 440 g/mol. The minimum absolute atomic E-state index is 0.429. The van der Waals surface area contributed by atoms with Crippen LogP contribution in [-0.4, -0.2) is 34.6 Å². The Kier molecular flexibility index (Phi) is 6.66. The van der Waals surface area contributed by atoms with E-state index < -0.39 is 12.6 Å². The summed E-state index contributed by atoms with van der Waals surface area (Å²) in [5, 5.41) is 14.6. The molecule has 0 saturated carbocycles. The fourth-order valence-electron chi connectivity index (χ4n) is 3.63. The first kappa shape index (κ1) is 22.4. The van der Waals surface area contributed by atoms with Crippen molar-refractivity contribution in [3.05, 3.63) is 88.9 Å². The van der Waals surface area contributed by atoms with Crippen molar-refractivity contribution in [1.29, 1.82) is 0 Å². The lowest BCUT2D eigenvalue weighted by atomic mass is 10.1. The first-order chi connectivity index (χ1) is 15.9. The number of aryl methyl sites for hydroxylation is 1. The second kappa shape index (κ2) is 9.79. The van der Waals surface area contributed by atoms with Crippen LogP contribution in [0.4, 0.5) is 0 Å². The van der Waals surface area contributed by atoms with Crippen LogP contribution in [0.3, 0.4) is 0 Å². The maximum atomic E-state index is 11.1. The second-order valence-electron chi connectivity index (χ2n) is 7.57. The third-order valence-electron chi connectivity index (χ3n) is 5.19. The molecule has 0 radical (unpaired) electrons. The van der Waals surface area contributed by atoms with Gasteiger partial charge >= 0.3 is 5.97 Å². The van der Waals surface area contributed by atoms with Gasteiger partial charge in [-0.2, -0.15) is 5.10 Å². The molecule has 1 aromatic heterocycles. The maximum Gasteiger partial charge on any atom is 0.341 e. The molecule has 4 aromatic rings. The molecule has 3 aromatic carbocycles. The first-order valence-corrected chi connectivity index (χ1v) is 10.7. The minimum atomic E-state index is -1.04. The zero-order valence-electron chi connectivity index (χ0n) is 18.3. The number of halogens is 1. The van der Waals surface area contributed by atoms with E-state index in [1.54, 1.807) is 13.2 Å². The standard InChI is InChI=1S/C26H23ClN2O4/c1-17-7-12-25(33-16-26(30)31)21(13-17)22-14-23(18-8-10-20(27)11-9-18)29(28-22)15-19-5-3-4-6-24(19)32-2/h3-14H,15-16H2,1-2H3,(H,30,31). The Morgan fingerprint density at radius 2 is 1.79 bits per heavy atom. The molecule has 0 bridgehead atoms. The molecule has 4 rings (SSSR count). The van der Waals surface area contributed by atoms with E-state index >= 15 is 0 Å². The Morgan fingerprint density at radius 3 is 2.52 bits per heavy atom. The molecule has 1 N–H and O–H groups in total. The predicted molar refractivity (Wildman–Crippen MR) is 128 cm³/mol. The molecule has 7 heteroatoms. The van der Waals surface area contributed by atoms with Gasteiger partial charge in [0, 0.05) is 16.1 Å². The van der Waals surface area contributed by atoms with Crippen molar-refractivity contribution < 1.29 is 19.4 Å².